The Morgan fingerprint density at radius 1 is 1.63 bits per heavy atom. The molecule has 1 aromatic heterocycles. The zero-order valence-corrected chi connectivity index (χ0v) is 12.9. The van der Waals surface area contributed by atoms with Crippen molar-refractivity contribution in [2.45, 2.75) is 23.6 Å². The second kappa shape index (κ2) is 6.55. The van der Waals surface area contributed by atoms with E-state index in [1.807, 2.05) is 6.26 Å². The van der Waals surface area contributed by atoms with E-state index in [1.54, 1.807) is 18.7 Å². The summed E-state index contributed by atoms with van der Waals surface area (Å²) >= 11 is 2.32. The van der Waals surface area contributed by atoms with Gasteiger partial charge in [-0.15, -0.1) is 0 Å². The Morgan fingerprint density at radius 3 is 2.74 bits per heavy atom. The Bertz CT molecular complexity index is 555. The maximum atomic E-state index is 12.0. The molecule has 1 atom stereocenters. The number of hydrogen-bond donors (Lipinski definition) is 2. The average Bonchev–Trinajstić information content (AvgIpc) is 2.69. The predicted octanol–water partition coefficient (Wildman–Crippen LogP) is 1.66. The van der Waals surface area contributed by atoms with Crippen LogP contribution < -0.4 is 10.5 Å². The van der Waals surface area contributed by atoms with E-state index in [-0.39, 0.29) is 20.9 Å². The highest BCUT2D eigenvalue weighted by Crippen LogP contribution is 2.34. The summed E-state index contributed by atoms with van der Waals surface area (Å²) in [5.74, 6) is 0.830. The first-order valence-electron chi connectivity index (χ1n) is 5.33. The Kier molecular flexibility index (Phi) is 5.59. The summed E-state index contributed by atoms with van der Waals surface area (Å²) in [4.78, 5) is 9.95. The first-order chi connectivity index (χ1) is 8.77. The molecule has 10 heteroatoms. The first kappa shape index (κ1) is 16.2. The molecule has 0 aliphatic carbocycles. The average molecular weight is 325 g/mol. The number of anilines is 1. The third-order valence-corrected chi connectivity index (χ3v) is 5.95. The number of nitrogens with two attached hydrogens (primary N) is 1. The van der Waals surface area contributed by atoms with Gasteiger partial charge in [-0.2, -0.15) is 11.8 Å². The van der Waals surface area contributed by atoms with Crippen molar-refractivity contribution in [1.82, 2.24) is 4.72 Å². The van der Waals surface area contributed by atoms with E-state index < -0.39 is 14.9 Å². The predicted molar refractivity (Wildman–Crippen MR) is 78.2 cm³/mol. The van der Waals surface area contributed by atoms with Gasteiger partial charge in [-0.05, 0) is 25.4 Å². The molecule has 1 rings (SSSR count). The Morgan fingerprint density at radius 2 is 2.26 bits per heavy atom. The Balaban J connectivity index is 2.89. The maximum Gasteiger partial charge on any atom is 0.304 e. The molecule has 0 spiro atoms. The molecular weight excluding hydrogens is 310 g/mol. The van der Waals surface area contributed by atoms with Gasteiger partial charge in [-0.1, -0.05) is 11.3 Å². The highest BCUT2D eigenvalue weighted by atomic mass is 32.2. The van der Waals surface area contributed by atoms with Crippen LogP contribution in [0.2, 0.25) is 0 Å². The highest BCUT2D eigenvalue weighted by molar-refractivity contribution is 7.98. The summed E-state index contributed by atoms with van der Waals surface area (Å²) in [5, 5.41) is 10.5. The van der Waals surface area contributed by atoms with E-state index in [4.69, 9.17) is 5.73 Å². The number of nitrogen functional groups attached to an aromatic ring is 1. The lowest BCUT2D eigenvalue weighted by Crippen LogP contribution is -2.32. The minimum Gasteiger partial charge on any atom is -0.385 e. The second-order valence-electron chi connectivity index (χ2n) is 3.88. The van der Waals surface area contributed by atoms with Crippen LogP contribution in [0, 0.1) is 10.1 Å². The smallest absolute Gasteiger partial charge is 0.304 e. The lowest BCUT2D eigenvalue weighted by atomic mass is 10.3. The number of thiophene rings is 1. The third kappa shape index (κ3) is 4.34. The van der Waals surface area contributed by atoms with Crippen LogP contribution in [0.15, 0.2) is 10.3 Å². The molecule has 0 saturated carbocycles. The minimum absolute atomic E-state index is 0.109. The fraction of sp³-hybridized carbons (Fsp3) is 0.556. The van der Waals surface area contributed by atoms with Gasteiger partial charge in [0.25, 0.3) is 10.0 Å². The second-order valence-corrected chi connectivity index (χ2v) is 7.89. The topological polar surface area (TPSA) is 115 Å². The van der Waals surface area contributed by atoms with Gasteiger partial charge in [0, 0.05) is 12.1 Å². The third-order valence-electron chi connectivity index (χ3n) is 2.29. The van der Waals surface area contributed by atoms with Crippen LogP contribution in [-0.4, -0.2) is 31.4 Å². The Hall–Kier alpha value is -0.840. The molecule has 0 saturated heterocycles. The van der Waals surface area contributed by atoms with E-state index >= 15 is 0 Å². The van der Waals surface area contributed by atoms with Gasteiger partial charge in [0.15, 0.2) is 5.00 Å². The minimum atomic E-state index is -3.75. The van der Waals surface area contributed by atoms with Gasteiger partial charge in [0.1, 0.15) is 4.21 Å². The molecule has 19 heavy (non-hydrogen) atoms. The van der Waals surface area contributed by atoms with Gasteiger partial charge < -0.3 is 5.73 Å². The molecule has 0 aliphatic rings. The van der Waals surface area contributed by atoms with Crippen LogP contribution in [0.25, 0.3) is 0 Å². The van der Waals surface area contributed by atoms with Crippen molar-refractivity contribution in [3.05, 3.63) is 16.2 Å². The van der Waals surface area contributed by atoms with Gasteiger partial charge >= 0.3 is 5.69 Å². The summed E-state index contributed by atoms with van der Waals surface area (Å²) in [7, 11) is -3.75. The first-order valence-corrected chi connectivity index (χ1v) is 9.02. The molecule has 0 bridgehead atoms. The molecule has 1 heterocycles. The van der Waals surface area contributed by atoms with Crippen molar-refractivity contribution >= 4 is 43.8 Å². The number of nitro groups is 1. The molecule has 1 unspecified atom stereocenters. The van der Waals surface area contributed by atoms with Crippen LogP contribution in [0.3, 0.4) is 0 Å². The Labute approximate surface area is 119 Å². The zero-order chi connectivity index (χ0) is 14.6. The number of rotatable bonds is 7. The molecule has 1 aromatic rings. The van der Waals surface area contributed by atoms with Gasteiger partial charge in [0.2, 0.25) is 0 Å². The molecule has 3 N–H and O–H groups in total. The normalized spacial score (nSPS) is 13.4. The molecule has 0 amide bonds. The van der Waals surface area contributed by atoms with Crippen molar-refractivity contribution in [3.63, 3.8) is 0 Å². The van der Waals surface area contributed by atoms with Crippen LogP contribution in [0.1, 0.15) is 13.3 Å². The van der Waals surface area contributed by atoms with Gasteiger partial charge in [-0.3, -0.25) is 10.1 Å². The van der Waals surface area contributed by atoms with E-state index in [2.05, 4.69) is 4.72 Å². The number of nitrogens with zero attached hydrogens (tertiary/aromatic N) is 1. The zero-order valence-electron chi connectivity index (χ0n) is 10.5. The van der Waals surface area contributed by atoms with Gasteiger partial charge in [-0.25, -0.2) is 13.1 Å². The highest BCUT2D eigenvalue weighted by Gasteiger charge is 2.25. The number of hydrogen-bond acceptors (Lipinski definition) is 7. The number of thioether (sulfide) groups is 1. The van der Waals surface area contributed by atoms with Crippen LogP contribution in [0.5, 0.6) is 0 Å². The number of nitrogens with one attached hydrogen (secondary N) is 1. The standard InChI is InChI=1S/C9H15N3O4S3/c1-6(3-4-17-2)11-19(15,16)8-5-7(12(13)14)9(10)18-8/h5-6,11H,3-4,10H2,1-2H3. The molecule has 108 valence electrons. The molecule has 0 fully saturated rings. The van der Waals surface area contributed by atoms with E-state index in [1.165, 1.54) is 0 Å². The fourth-order valence-electron chi connectivity index (χ4n) is 1.32. The van der Waals surface area contributed by atoms with Crippen LogP contribution in [0.4, 0.5) is 10.7 Å². The molecule has 0 radical (unpaired) electrons. The van der Waals surface area contributed by atoms with Crippen molar-refractivity contribution in [1.29, 1.82) is 0 Å². The summed E-state index contributed by atoms with van der Waals surface area (Å²) in [5.41, 5.74) is 5.06. The molecular formula is C9H15N3O4S3. The van der Waals surface area contributed by atoms with Crippen LogP contribution in [-0.2, 0) is 10.0 Å². The molecule has 7 nitrogen and oxygen atoms in total. The quantitative estimate of drug-likeness (QED) is 0.582. The molecule has 0 aromatic carbocycles. The van der Waals surface area contributed by atoms with Crippen LogP contribution >= 0.6 is 23.1 Å². The van der Waals surface area contributed by atoms with Crippen molar-refractivity contribution in [2.24, 2.45) is 0 Å². The summed E-state index contributed by atoms with van der Waals surface area (Å²) in [6, 6.07) is 0.753. The van der Waals surface area contributed by atoms with E-state index in [0.29, 0.717) is 17.8 Å². The van der Waals surface area contributed by atoms with Crippen molar-refractivity contribution in [3.8, 4) is 0 Å². The summed E-state index contributed by atoms with van der Waals surface area (Å²) < 4.78 is 26.4. The fourth-order valence-corrected chi connectivity index (χ4v) is 4.42. The largest absolute Gasteiger partial charge is 0.385 e. The van der Waals surface area contributed by atoms with E-state index in [9.17, 15) is 18.5 Å². The van der Waals surface area contributed by atoms with Gasteiger partial charge in [0.05, 0.1) is 4.92 Å². The SMILES string of the molecule is CSCCC(C)NS(=O)(=O)c1cc([N+](=O)[O-])c(N)s1. The maximum absolute atomic E-state index is 12.0. The lowest BCUT2D eigenvalue weighted by molar-refractivity contribution is -0.383. The van der Waals surface area contributed by atoms with Crippen molar-refractivity contribution < 1.29 is 13.3 Å². The summed E-state index contributed by atoms with van der Waals surface area (Å²) in [6.45, 7) is 1.75. The monoisotopic (exact) mass is 325 g/mol. The lowest BCUT2D eigenvalue weighted by Gasteiger charge is -2.12. The number of sulfonamides is 1. The van der Waals surface area contributed by atoms with E-state index in [0.717, 1.165) is 11.8 Å². The summed E-state index contributed by atoms with van der Waals surface area (Å²) in [6.07, 6.45) is 2.62. The molecule has 0 aliphatic heterocycles. The van der Waals surface area contributed by atoms with Crippen molar-refractivity contribution in [2.75, 3.05) is 17.7 Å².